The number of nitrogens with one attached hydrogen (secondary N) is 1. The number of benzene rings is 3. The molecule has 6 nitrogen and oxygen atoms in total. The predicted molar refractivity (Wildman–Crippen MR) is 134 cm³/mol. The summed E-state index contributed by atoms with van der Waals surface area (Å²) in [6.07, 6.45) is 1.89. The van der Waals surface area contributed by atoms with Crippen LogP contribution in [0.5, 0.6) is 0 Å². The lowest BCUT2D eigenvalue weighted by Crippen LogP contribution is -2.35. The number of aryl methyl sites for hydroxylation is 1. The molecule has 0 saturated carbocycles. The molecule has 0 spiro atoms. The summed E-state index contributed by atoms with van der Waals surface area (Å²) in [5, 5.41) is 2.41. The summed E-state index contributed by atoms with van der Waals surface area (Å²) in [5.74, 6) is -0.266. The molecular weight excluding hydrogens is 448 g/mol. The van der Waals surface area contributed by atoms with E-state index < -0.39 is 15.1 Å². The Bertz CT molecular complexity index is 1300. The molecular formula is C27H28N2O4S. The van der Waals surface area contributed by atoms with Crippen molar-refractivity contribution in [2.45, 2.75) is 43.3 Å². The first kappa shape index (κ1) is 23.7. The third kappa shape index (κ3) is 5.04. The molecule has 0 bridgehead atoms. The van der Waals surface area contributed by atoms with Crippen molar-refractivity contribution in [1.82, 2.24) is 0 Å². The maximum Gasteiger partial charge on any atom is 0.258 e. The highest BCUT2D eigenvalue weighted by atomic mass is 32.2. The van der Waals surface area contributed by atoms with Crippen LogP contribution < -0.4 is 10.2 Å². The standard InChI is InChI=1S/C27H28N2O4S/c1-19(2)34(32,33)24-14-10-20(11-15-24)17-26(30)28-23-13-12-21-9-6-16-29(25(21)18-23)27(31)22-7-4-3-5-8-22/h3-5,7-8,10-15,18-19H,6,9,16-17H2,1-2H3,(H,28,30). The summed E-state index contributed by atoms with van der Waals surface area (Å²) in [6.45, 7) is 3.91. The lowest BCUT2D eigenvalue weighted by molar-refractivity contribution is -0.115. The number of sulfone groups is 1. The Morgan fingerprint density at radius 1 is 0.971 bits per heavy atom. The van der Waals surface area contributed by atoms with Crippen molar-refractivity contribution in [2.75, 3.05) is 16.8 Å². The number of rotatable bonds is 6. The van der Waals surface area contributed by atoms with Crippen LogP contribution in [0.25, 0.3) is 0 Å². The molecule has 1 N–H and O–H groups in total. The van der Waals surface area contributed by atoms with E-state index >= 15 is 0 Å². The SMILES string of the molecule is CC(C)S(=O)(=O)c1ccc(CC(=O)Nc2ccc3c(c2)N(C(=O)c2ccccc2)CCC3)cc1. The van der Waals surface area contributed by atoms with Crippen LogP contribution in [0.4, 0.5) is 11.4 Å². The fourth-order valence-corrected chi connectivity index (χ4v) is 5.12. The monoisotopic (exact) mass is 476 g/mol. The summed E-state index contributed by atoms with van der Waals surface area (Å²) in [7, 11) is -3.34. The van der Waals surface area contributed by atoms with Gasteiger partial charge in [0.15, 0.2) is 9.84 Å². The van der Waals surface area contributed by atoms with Crippen LogP contribution in [0.3, 0.4) is 0 Å². The fraction of sp³-hybridized carbons (Fsp3) is 0.259. The number of carbonyl (C=O) groups excluding carboxylic acids is 2. The van der Waals surface area contributed by atoms with Crippen molar-refractivity contribution in [1.29, 1.82) is 0 Å². The zero-order chi connectivity index (χ0) is 24.3. The summed E-state index contributed by atoms with van der Waals surface area (Å²) in [4.78, 5) is 27.8. The number of amides is 2. The van der Waals surface area contributed by atoms with E-state index in [2.05, 4.69) is 5.32 Å². The molecule has 1 aliphatic heterocycles. The third-order valence-corrected chi connectivity index (χ3v) is 8.16. The first-order valence-corrected chi connectivity index (χ1v) is 12.9. The average molecular weight is 477 g/mol. The normalized spacial score (nSPS) is 13.4. The zero-order valence-corrected chi connectivity index (χ0v) is 20.1. The van der Waals surface area contributed by atoms with Gasteiger partial charge >= 0.3 is 0 Å². The van der Waals surface area contributed by atoms with E-state index in [4.69, 9.17) is 0 Å². The van der Waals surface area contributed by atoms with Gasteiger partial charge in [-0.25, -0.2) is 8.42 Å². The Morgan fingerprint density at radius 2 is 1.68 bits per heavy atom. The van der Waals surface area contributed by atoms with Crippen molar-refractivity contribution in [3.8, 4) is 0 Å². The molecule has 3 aromatic rings. The van der Waals surface area contributed by atoms with Crippen molar-refractivity contribution in [2.24, 2.45) is 0 Å². The highest BCUT2D eigenvalue weighted by Gasteiger charge is 2.24. The summed E-state index contributed by atoms with van der Waals surface area (Å²) < 4.78 is 24.6. The molecule has 0 unspecified atom stereocenters. The van der Waals surface area contributed by atoms with Crippen LogP contribution in [-0.4, -0.2) is 32.0 Å². The topological polar surface area (TPSA) is 83.6 Å². The molecule has 1 heterocycles. The minimum Gasteiger partial charge on any atom is -0.326 e. The van der Waals surface area contributed by atoms with E-state index in [1.54, 1.807) is 55.1 Å². The van der Waals surface area contributed by atoms with Gasteiger partial charge in [-0.2, -0.15) is 0 Å². The highest BCUT2D eigenvalue weighted by Crippen LogP contribution is 2.31. The van der Waals surface area contributed by atoms with Gasteiger partial charge in [0.25, 0.3) is 5.91 Å². The Labute approximate surface area is 200 Å². The molecule has 3 aromatic carbocycles. The molecule has 1 aliphatic rings. The smallest absolute Gasteiger partial charge is 0.258 e. The van der Waals surface area contributed by atoms with Crippen LogP contribution in [0, 0.1) is 0 Å². The van der Waals surface area contributed by atoms with Gasteiger partial charge in [0, 0.05) is 23.5 Å². The molecule has 7 heteroatoms. The van der Waals surface area contributed by atoms with Gasteiger partial charge in [-0.3, -0.25) is 9.59 Å². The van der Waals surface area contributed by atoms with Crippen LogP contribution >= 0.6 is 0 Å². The second-order valence-electron chi connectivity index (χ2n) is 8.73. The van der Waals surface area contributed by atoms with Crippen molar-refractivity contribution in [3.63, 3.8) is 0 Å². The lowest BCUT2D eigenvalue weighted by atomic mass is 10.00. The van der Waals surface area contributed by atoms with Gasteiger partial charge in [0.05, 0.1) is 16.6 Å². The number of carbonyl (C=O) groups is 2. The van der Waals surface area contributed by atoms with Gasteiger partial charge in [-0.05, 0) is 74.2 Å². The first-order valence-electron chi connectivity index (χ1n) is 11.4. The maximum atomic E-state index is 13.1. The van der Waals surface area contributed by atoms with E-state index in [1.807, 2.05) is 36.4 Å². The quantitative estimate of drug-likeness (QED) is 0.562. The fourth-order valence-electron chi connectivity index (χ4n) is 4.06. The number of anilines is 2. The van der Waals surface area contributed by atoms with Gasteiger partial charge in [-0.1, -0.05) is 36.4 Å². The van der Waals surface area contributed by atoms with Gasteiger partial charge in [0.2, 0.25) is 5.91 Å². The summed E-state index contributed by atoms with van der Waals surface area (Å²) >= 11 is 0. The Balaban J connectivity index is 1.48. The van der Waals surface area contributed by atoms with E-state index in [9.17, 15) is 18.0 Å². The third-order valence-electron chi connectivity index (χ3n) is 5.99. The van der Waals surface area contributed by atoms with Crippen LogP contribution in [0.15, 0.2) is 77.7 Å². The Kier molecular flexibility index (Phi) is 6.84. The highest BCUT2D eigenvalue weighted by molar-refractivity contribution is 7.92. The Morgan fingerprint density at radius 3 is 2.35 bits per heavy atom. The first-order chi connectivity index (χ1) is 16.3. The predicted octanol–water partition coefficient (Wildman–Crippen LogP) is 4.64. The molecule has 0 saturated heterocycles. The molecule has 4 rings (SSSR count). The molecule has 0 aromatic heterocycles. The molecule has 34 heavy (non-hydrogen) atoms. The molecule has 0 aliphatic carbocycles. The largest absolute Gasteiger partial charge is 0.326 e. The number of hydrogen-bond donors (Lipinski definition) is 1. The molecule has 0 radical (unpaired) electrons. The number of hydrogen-bond acceptors (Lipinski definition) is 4. The second-order valence-corrected chi connectivity index (χ2v) is 11.2. The van der Waals surface area contributed by atoms with Gasteiger partial charge in [-0.15, -0.1) is 0 Å². The summed E-state index contributed by atoms with van der Waals surface area (Å²) in [5.41, 5.74) is 3.87. The molecule has 0 fully saturated rings. The van der Waals surface area contributed by atoms with Crippen molar-refractivity contribution < 1.29 is 18.0 Å². The average Bonchev–Trinajstić information content (AvgIpc) is 2.84. The van der Waals surface area contributed by atoms with Gasteiger partial charge in [0.1, 0.15) is 0 Å². The van der Waals surface area contributed by atoms with E-state index in [1.165, 1.54) is 0 Å². The van der Waals surface area contributed by atoms with E-state index in [0.717, 1.165) is 29.7 Å². The van der Waals surface area contributed by atoms with Crippen molar-refractivity contribution >= 4 is 33.0 Å². The molecule has 176 valence electrons. The molecule has 0 atom stereocenters. The maximum absolute atomic E-state index is 13.1. The number of fused-ring (bicyclic) bond motifs is 1. The van der Waals surface area contributed by atoms with Crippen LogP contribution in [-0.2, 0) is 27.5 Å². The van der Waals surface area contributed by atoms with Gasteiger partial charge < -0.3 is 10.2 Å². The van der Waals surface area contributed by atoms with E-state index in [-0.39, 0.29) is 23.1 Å². The van der Waals surface area contributed by atoms with Crippen LogP contribution in [0.2, 0.25) is 0 Å². The second kappa shape index (κ2) is 9.81. The van der Waals surface area contributed by atoms with Crippen molar-refractivity contribution in [3.05, 3.63) is 89.5 Å². The Hall–Kier alpha value is -3.45. The zero-order valence-electron chi connectivity index (χ0n) is 19.3. The van der Waals surface area contributed by atoms with E-state index in [0.29, 0.717) is 17.8 Å². The summed E-state index contributed by atoms with van der Waals surface area (Å²) in [6, 6.07) is 21.3. The minimum atomic E-state index is -3.34. The van der Waals surface area contributed by atoms with Crippen LogP contribution in [0.1, 0.15) is 41.8 Å². The molecule has 2 amide bonds. The minimum absolute atomic E-state index is 0.0542. The number of nitrogens with zero attached hydrogens (tertiary/aromatic N) is 1. The lowest BCUT2D eigenvalue weighted by Gasteiger charge is -2.30.